The number of ether oxygens (including phenoxy) is 1. The highest BCUT2D eigenvalue weighted by atomic mass is 16.5. The van der Waals surface area contributed by atoms with E-state index in [0.717, 1.165) is 12.6 Å². The van der Waals surface area contributed by atoms with Crippen LogP contribution in [0.25, 0.3) is 0 Å². The van der Waals surface area contributed by atoms with Crippen LogP contribution in [0, 0.1) is 5.41 Å². The summed E-state index contributed by atoms with van der Waals surface area (Å²) in [5, 5.41) is 3.44. The van der Waals surface area contributed by atoms with Crippen molar-refractivity contribution in [2.45, 2.75) is 18.9 Å². The molecule has 2 nitrogen and oxygen atoms in total. The first-order valence-corrected chi connectivity index (χ1v) is 3.57. The zero-order valence-corrected chi connectivity index (χ0v) is 5.81. The molecule has 3 rings (SSSR count). The Labute approximate surface area is 55.6 Å². The summed E-state index contributed by atoms with van der Waals surface area (Å²) in [6.45, 7) is 2.14. The summed E-state index contributed by atoms with van der Waals surface area (Å²) in [6.07, 6.45) is 2.70. The van der Waals surface area contributed by atoms with E-state index in [9.17, 15) is 0 Å². The lowest BCUT2D eigenvalue weighted by Gasteiger charge is -2.35. The molecule has 2 bridgehead atoms. The van der Waals surface area contributed by atoms with Gasteiger partial charge >= 0.3 is 0 Å². The number of hydrogen-bond acceptors (Lipinski definition) is 2. The second kappa shape index (κ2) is 1.70. The Bertz CT molecular complexity index is 113. The molecule has 0 spiro atoms. The molecule has 2 heteroatoms. The summed E-state index contributed by atoms with van der Waals surface area (Å²) < 4.78 is 5.13. The van der Waals surface area contributed by atoms with Gasteiger partial charge in [0.05, 0.1) is 6.61 Å². The summed E-state index contributed by atoms with van der Waals surface area (Å²) in [7, 11) is 1.79. The maximum Gasteiger partial charge on any atom is 0.0531 e. The Kier molecular flexibility index (Phi) is 1.08. The van der Waals surface area contributed by atoms with Crippen molar-refractivity contribution in [1.29, 1.82) is 0 Å². The van der Waals surface area contributed by atoms with Crippen molar-refractivity contribution in [1.82, 2.24) is 5.32 Å². The van der Waals surface area contributed by atoms with E-state index in [2.05, 4.69) is 5.32 Å². The molecule has 1 aliphatic carbocycles. The second-order valence-corrected chi connectivity index (χ2v) is 3.42. The Hall–Kier alpha value is -0.0800. The van der Waals surface area contributed by atoms with E-state index in [1.165, 1.54) is 19.4 Å². The number of rotatable bonds is 2. The molecule has 2 saturated heterocycles. The minimum absolute atomic E-state index is 0.555. The Morgan fingerprint density at radius 1 is 1.67 bits per heavy atom. The molecule has 2 heterocycles. The largest absolute Gasteiger partial charge is 0.384 e. The van der Waals surface area contributed by atoms with Crippen molar-refractivity contribution in [3.8, 4) is 0 Å². The van der Waals surface area contributed by atoms with Crippen molar-refractivity contribution >= 4 is 0 Å². The Morgan fingerprint density at radius 2 is 2.44 bits per heavy atom. The molecule has 1 N–H and O–H groups in total. The molecule has 3 fully saturated rings. The summed E-state index contributed by atoms with van der Waals surface area (Å²) in [5.74, 6) is 0. The number of methoxy groups -OCH3 is 1. The molecule has 0 unspecified atom stereocenters. The van der Waals surface area contributed by atoms with Gasteiger partial charge in [0.25, 0.3) is 0 Å². The molecular weight excluding hydrogens is 114 g/mol. The minimum Gasteiger partial charge on any atom is -0.384 e. The predicted octanol–water partition coefficient (Wildman–Crippen LogP) is 0.385. The lowest BCUT2D eigenvalue weighted by atomic mass is 9.71. The monoisotopic (exact) mass is 127 g/mol. The number of nitrogens with one attached hydrogen (secondary N) is 1. The van der Waals surface area contributed by atoms with Crippen molar-refractivity contribution in [2.75, 3.05) is 20.3 Å². The van der Waals surface area contributed by atoms with E-state index in [4.69, 9.17) is 4.74 Å². The summed E-state index contributed by atoms with van der Waals surface area (Å²) in [4.78, 5) is 0. The van der Waals surface area contributed by atoms with Crippen LogP contribution in [0.4, 0.5) is 0 Å². The van der Waals surface area contributed by atoms with E-state index < -0.39 is 0 Å². The molecule has 0 aromatic rings. The van der Waals surface area contributed by atoms with Crippen LogP contribution in [0.3, 0.4) is 0 Å². The van der Waals surface area contributed by atoms with Gasteiger partial charge in [0.15, 0.2) is 0 Å². The highest BCUT2D eigenvalue weighted by molar-refractivity contribution is 5.05. The highest BCUT2D eigenvalue weighted by Crippen LogP contribution is 2.46. The molecule has 1 saturated carbocycles. The Morgan fingerprint density at radius 3 is 2.89 bits per heavy atom. The van der Waals surface area contributed by atoms with E-state index in [1.807, 2.05) is 0 Å². The maximum atomic E-state index is 5.13. The van der Waals surface area contributed by atoms with Crippen molar-refractivity contribution in [3.63, 3.8) is 0 Å². The van der Waals surface area contributed by atoms with Crippen LogP contribution >= 0.6 is 0 Å². The standard InChI is InChI=1S/C7H13NO/c1-9-5-7-2-6(3-7)8-4-7/h6,8H,2-5H2,1H3. The van der Waals surface area contributed by atoms with Gasteiger partial charge in [-0.2, -0.15) is 0 Å². The van der Waals surface area contributed by atoms with Crippen LogP contribution in [0.15, 0.2) is 0 Å². The molecule has 0 amide bonds. The fourth-order valence-corrected chi connectivity index (χ4v) is 2.11. The molecule has 0 atom stereocenters. The van der Waals surface area contributed by atoms with Gasteiger partial charge in [-0.1, -0.05) is 0 Å². The zero-order valence-electron chi connectivity index (χ0n) is 5.81. The van der Waals surface area contributed by atoms with E-state index in [-0.39, 0.29) is 0 Å². The second-order valence-electron chi connectivity index (χ2n) is 3.42. The fourth-order valence-electron chi connectivity index (χ4n) is 2.11. The van der Waals surface area contributed by atoms with Crippen molar-refractivity contribution in [2.24, 2.45) is 5.41 Å². The van der Waals surface area contributed by atoms with Gasteiger partial charge in [-0.25, -0.2) is 0 Å². The van der Waals surface area contributed by atoms with Gasteiger partial charge in [0.2, 0.25) is 0 Å². The average Bonchev–Trinajstić information content (AvgIpc) is 2.22. The van der Waals surface area contributed by atoms with Gasteiger partial charge < -0.3 is 10.1 Å². The third-order valence-electron chi connectivity index (χ3n) is 2.58. The SMILES string of the molecule is COCC12CNC(C1)C2. The van der Waals surface area contributed by atoms with E-state index in [0.29, 0.717) is 5.41 Å². The van der Waals surface area contributed by atoms with Crippen LogP contribution in [-0.2, 0) is 4.74 Å². The summed E-state index contributed by atoms with van der Waals surface area (Å²) in [6, 6.07) is 0.833. The minimum atomic E-state index is 0.555. The normalized spacial score (nSPS) is 47.0. The topological polar surface area (TPSA) is 21.3 Å². The van der Waals surface area contributed by atoms with Gasteiger partial charge in [-0.3, -0.25) is 0 Å². The predicted molar refractivity (Wildman–Crippen MR) is 35.3 cm³/mol. The van der Waals surface area contributed by atoms with Crippen LogP contribution in [0.2, 0.25) is 0 Å². The first-order chi connectivity index (χ1) is 4.35. The fraction of sp³-hybridized carbons (Fsp3) is 1.00. The Balaban J connectivity index is 1.95. The summed E-state index contributed by atoms with van der Waals surface area (Å²) in [5.41, 5.74) is 0.555. The van der Waals surface area contributed by atoms with Crippen molar-refractivity contribution in [3.05, 3.63) is 0 Å². The molecule has 0 radical (unpaired) electrons. The van der Waals surface area contributed by atoms with Crippen LogP contribution in [-0.4, -0.2) is 26.3 Å². The molecule has 2 aliphatic heterocycles. The van der Waals surface area contributed by atoms with Crippen LogP contribution in [0.1, 0.15) is 12.8 Å². The molecular formula is C7H13NO. The molecule has 9 heavy (non-hydrogen) atoms. The highest BCUT2D eigenvalue weighted by Gasteiger charge is 2.49. The quantitative estimate of drug-likeness (QED) is 0.579. The third-order valence-corrected chi connectivity index (χ3v) is 2.58. The van der Waals surface area contributed by atoms with Gasteiger partial charge in [-0.05, 0) is 12.8 Å². The van der Waals surface area contributed by atoms with Crippen molar-refractivity contribution < 1.29 is 4.74 Å². The van der Waals surface area contributed by atoms with Gasteiger partial charge in [-0.15, -0.1) is 0 Å². The molecule has 0 aromatic heterocycles. The number of hydrogen-bond donors (Lipinski definition) is 1. The molecule has 52 valence electrons. The van der Waals surface area contributed by atoms with E-state index in [1.54, 1.807) is 7.11 Å². The molecule has 3 aliphatic rings. The third kappa shape index (κ3) is 0.700. The zero-order chi connectivity index (χ0) is 6.32. The first kappa shape index (κ1) is 5.69. The average molecular weight is 127 g/mol. The summed E-state index contributed by atoms with van der Waals surface area (Å²) >= 11 is 0. The first-order valence-electron chi connectivity index (χ1n) is 3.57. The van der Waals surface area contributed by atoms with E-state index >= 15 is 0 Å². The smallest absolute Gasteiger partial charge is 0.0531 e. The molecule has 0 aromatic carbocycles. The lowest BCUT2D eigenvalue weighted by molar-refractivity contribution is 0.0519. The lowest BCUT2D eigenvalue weighted by Crippen LogP contribution is -2.37. The number of fused-ring (bicyclic) bond motifs is 1. The van der Waals surface area contributed by atoms with Gasteiger partial charge in [0.1, 0.15) is 0 Å². The van der Waals surface area contributed by atoms with Crippen LogP contribution < -0.4 is 5.32 Å². The van der Waals surface area contributed by atoms with Crippen LogP contribution in [0.5, 0.6) is 0 Å². The van der Waals surface area contributed by atoms with Gasteiger partial charge in [0, 0.05) is 25.1 Å². The maximum absolute atomic E-state index is 5.13.